The van der Waals surface area contributed by atoms with E-state index in [0.717, 1.165) is 56.7 Å². The van der Waals surface area contributed by atoms with Crippen LogP contribution in [0.4, 0.5) is 0 Å². The molecule has 0 bridgehead atoms. The van der Waals surface area contributed by atoms with Crippen molar-refractivity contribution in [1.82, 2.24) is 0 Å². The third-order valence-corrected chi connectivity index (χ3v) is 11.8. The smallest absolute Gasteiger partial charge is 0.189 e. The van der Waals surface area contributed by atoms with Crippen LogP contribution in [0.3, 0.4) is 0 Å². The first-order valence-electron chi connectivity index (χ1n) is 15.2. The summed E-state index contributed by atoms with van der Waals surface area (Å²) >= 11 is 0. The second-order valence-electron chi connectivity index (χ2n) is 12.9. The van der Waals surface area contributed by atoms with Gasteiger partial charge in [0.25, 0.3) is 0 Å². The molecule has 4 N–H and O–H groups in total. The zero-order valence-corrected chi connectivity index (χ0v) is 28.4. The van der Waals surface area contributed by atoms with Crippen molar-refractivity contribution in [2.24, 2.45) is 17.8 Å². The van der Waals surface area contributed by atoms with E-state index in [9.17, 15) is 4.80 Å². The van der Waals surface area contributed by atoms with Crippen LogP contribution in [0, 0.1) is 17.8 Å². The summed E-state index contributed by atoms with van der Waals surface area (Å²) in [4.78, 5) is 10.7. The molecule has 4 nitrogen and oxygen atoms in total. The summed E-state index contributed by atoms with van der Waals surface area (Å²) in [5, 5.41) is 26.7. The van der Waals surface area contributed by atoms with Gasteiger partial charge in [-0.05, 0) is 74.4 Å². The standard InChI is InChI=1S/C12H28OSi.3C6H12O.Zr/c1-10(2)7-14(13,8-11(3)4)9-12(5)6;3*7-6-4-2-1-3-5-6;/h10-13H,7-9H2,1-6H3;3*6-7H,1-5H2;. The van der Waals surface area contributed by atoms with Gasteiger partial charge in [0.15, 0.2) is 8.32 Å². The van der Waals surface area contributed by atoms with Crippen LogP contribution in [-0.2, 0) is 26.2 Å². The number of hydrogen-bond donors (Lipinski definition) is 4. The molecule has 0 unspecified atom stereocenters. The van der Waals surface area contributed by atoms with E-state index in [4.69, 9.17) is 15.3 Å². The van der Waals surface area contributed by atoms with Crippen molar-refractivity contribution in [1.29, 1.82) is 0 Å². The van der Waals surface area contributed by atoms with Gasteiger partial charge in [-0.1, -0.05) is 99.3 Å². The molecule has 36 heavy (non-hydrogen) atoms. The third kappa shape index (κ3) is 25.2. The molecular formula is C30H64O4SiZr. The maximum absolute atomic E-state index is 10.7. The Kier molecular flexibility index (Phi) is 25.8. The van der Waals surface area contributed by atoms with Gasteiger partial charge in [0.05, 0.1) is 18.3 Å². The van der Waals surface area contributed by atoms with Gasteiger partial charge in [-0.3, -0.25) is 0 Å². The summed E-state index contributed by atoms with van der Waals surface area (Å²) < 4.78 is 0. The number of hydrogen-bond acceptors (Lipinski definition) is 4. The van der Waals surface area contributed by atoms with Gasteiger partial charge in [0.2, 0.25) is 0 Å². The summed E-state index contributed by atoms with van der Waals surface area (Å²) in [6, 6.07) is 3.22. The third-order valence-electron chi connectivity index (χ3n) is 7.09. The summed E-state index contributed by atoms with van der Waals surface area (Å²) in [6.45, 7) is 13.3. The topological polar surface area (TPSA) is 80.9 Å². The van der Waals surface area contributed by atoms with E-state index in [0.29, 0.717) is 17.8 Å². The maximum Gasteiger partial charge on any atom is 0.189 e. The van der Waals surface area contributed by atoms with Crippen molar-refractivity contribution in [3.05, 3.63) is 0 Å². The minimum atomic E-state index is -1.94. The van der Waals surface area contributed by atoms with Crippen LogP contribution in [0.15, 0.2) is 0 Å². The molecule has 0 aliphatic heterocycles. The Hall–Kier alpha value is 0.940. The van der Waals surface area contributed by atoms with Crippen LogP contribution < -0.4 is 0 Å². The minimum Gasteiger partial charge on any atom is -0.432 e. The fourth-order valence-electron chi connectivity index (χ4n) is 5.77. The zero-order valence-electron chi connectivity index (χ0n) is 25.0. The molecule has 3 fully saturated rings. The minimum absolute atomic E-state index is 0. The fraction of sp³-hybridized carbons (Fsp3) is 1.00. The normalized spacial score (nSPS) is 19.9. The Labute approximate surface area is 245 Å². The molecule has 3 aliphatic rings. The Morgan fingerprint density at radius 1 is 0.472 bits per heavy atom. The Bertz CT molecular complexity index is 393. The fourth-order valence-corrected chi connectivity index (χ4v) is 10.8. The first-order chi connectivity index (χ1) is 16.4. The van der Waals surface area contributed by atoms with E-state index >= 15 is 0 Å². The molecule has 0 aromatic rings. The van der Waals surface area contributed by atoms with Gasteiger partial charge in [-0.2, -0.15) is 0 Å². The van der Waals surface area contributed by atoms with E-state index in [1.807, 2.05) is 0 Å². The van der Waals surface area contributed by atoms with E-state index in [1.54, 1.807) is 0 Å². The molecule has 0 spiro atoms. The predicted molar refractivity (Wildman–Crippen MR) is 154 cm³/mol. The SMILES string of the molecule is CC(C)C[Si](O)(CC(C)C)CC(C)C.OC1CCCCC1.OC1CCCCC1.OC1CCCCC1.[Zr]. The molecule has 3 aliphatic carbocycles. The molecule has 0 amide bonds. The molecule has 3 saturated carbocycles. The second kappa shape index (κ2) is 23.8. The predicted octanol–water partition coefficient (Wildman–Crippen LogP) is 7.82. The summed E-state index contributed by atoms with van der Waals surface area (Å²) in [5.41, 5.74) is 0. The van der Waals surface area contributed by atoms with Crippen LogP contribution in [0.1, 0.15) is 138 Å². The first kappa shape index (κ1) is 39.1. The largest absolute Gasteiger partial charge is 0.432 e. The Balaban J connectivity index is 0. The molecule has 0 radical (unpaired) electrons. The van der Waals surface area contributed by atoms with Crippen LogP contribution in [0.2, 0.25) is 18.1 Å². The van der Waals surface area contributed by atoms with E-state index in [1.165, 1.54) is 57.8 Å². The van der Waals surface area contributed by atoms with Gasteiger partial charge in [0, 0.05) is 26.2 Å². The molecule has 0 heterocycles. The van der Waals surface area contributed by atoms with Crippen molar-refractivity contribution >= 4 is 8.32 Å². The maximum atomic E-state index is 10.7. The van der Waals surface area contributed by atoms with Crippen molar-refractivity contribution < 1.29 is 46.3 Å². The van der Waals surface area contributed by atoms with Gasteiger partial charge in [-0.15, -0.1) is 0 Å². The summed E-state index contributed by atoms with van der Waals surface area (Å²) in [7, 11) is -1.94. The van der Waals surface area contributed by atoms with Crippen molar-refractivity contribution in [3.63, 3.8) is 0 Å². The van der Waals surface area contributed by atoms with Gasteiger partial charge >= 0.3 is 0 Å². The number of aliphatic hydroxyl groups excluding tert-OH is 3. The van der Waals surface area contributed by atoms with Crippen molar-refractivity contribution in [2.75, 3.05) is 0 Å². The quantitative estimate of drug-likeness (QED) is 0.232. The molecule has 0 saturated heterocycles. The molecule has 3 rings (SSSR count). The average Bonchev–Trinajstić information content (AvgIpc) is 2.75. The van der Waals surface area contributed by atoms with Crippen LogP contribution in [-0.4, -0.2) is 46.7 Å². The van der Waals surface area contributed by atoms with Gasteiger partial charge in [0.1, 0.15) is 0 Å². The molecular weight excluding hydrogens is 544 g/mol. The molecule has 6 heteroatoms. The Morgan fingerprint density at radius 2 is 0.667 bits per heavy atom. The van der Waals surface area contributed by atoms with E-state index in [-0.39, 0.29) is 44.5 Å². The van der Waals surface area contributed by atoms with Crippen LogP contribution in [0.5, 0.6) is 0 Å². The number of aliphatic hydroxyl groups is 3. The molecule has 0 atom stereocenters. The average molecular weight is 608 g/mol. The molecule has 0 aromatic heterocycles. The van der Waals surface area contributed by atoms with Crippen molar-refractivity contribution in [3.8, 4) is 0 Å². The second-order valence-corrected chi connectivity index (χ2v) is 16.6. The van der Waals surface area contributed by atoms with Crippen LogP contribution >= 0.6 is 0 Å². The summed E-state index contributed by atoms with van der Waals surface area (Å²) in [5.74, 6) is 1.93. The summed E-state index contributed by atoms with van der Waals surface area (Å²) in [6.07, 6.45) is 17.8. The Morgan fingerprint density at radius 3 is 0.778 bits per heavy atom. The molecule has 0 aromatic carbocycles. The van der Waals surface area contributed by atoms with Crippen molar-refractivity contribution in [2.45, 2.75) is 174 Å². The zero-order chi connectivity index (χ0) is 26.7. The molecule has 216 valence electrons. The van der Waals surface area contributed by atoms with Crippen LogP contribution in [0.25, 0.3) is 0 Å². The van der Waals surface area contributed by atoms with E-state index in [2.05, 4.69) is 41.5 Å². The van der Waals surface area contributed by atoms with Gasteiger partial charge < -0.3 is 20.1 Å². The van der Waals surface area contributed by atoms with E-state index < -0.39 is 8.32 Å². The number of rotatable bonds is 6. The van der Waals surface area contributed by atoms with Gasteiger partial charge in [-0.25, -0.2) is 0 Å². The first-order valence-corrected chi connectivity index (χ1v) is 17.8. The monoisotopic (exact) mass is 606 g/mol.